The highest BCUT2D eigenvalue weighted by molar-refractivity contribution is 6.83. The van der Waals surface area contributed by atoms with Crippen molar-refractivity contribution in [2.24, 2.45) is 38.9 Å². The number of Topliss-reactive ketones (excluding diaryl/α,β-unsaturated/α-hetero) is 1. The molecule has 1 saturated heterocycles. The van der Waals surface area contributed by atoms with Gasteiger partial charge in [0, 0.05) is 18.3 Å². The molecule has 3 saturated carbocycles. The van der Waals surface area contributed by atoms with Crippen LogP contribution in [0.3, 0.4) is 0 Å². The van der Waals surface area contributed by atoms with E-state index in [4.69, 9.17) is 4.74 Å². The summed E-state index contributed by atoms with van der Waals surface area (Å²) in [6.45, 7) is 20.5. The summed E-state index contributed by atoms with van der Waals surface area (Å²) < 4.78 is 6.65. The summed E-state index contributed by atoms with van der Waals surface area (Å²) in [6.07, 6.45) is 7.60. The van der Waals surface area contributed by atoms with Crippen LogP contribution in [-0.4, -0.2) is 42.1 Å². The first-order chi connectivity index (χ1) is 16.9. The fourth-order valence-electron chi connectivity index (χ4n) is 10.2. The molecule has 4 nitrogen and oxygen atoms in total. The van der Waals surface area contributed by atoms with E-state index in [1.54, 1.807) is 0 Å². The highest BCUT2D eigenvalue weighted by Gasteiger charge is 2.75. The van der Waals surface area contributed by atoms with Crippen molar-refractivity contribution in [3.05, 3.63) is 11.6 Å². The molecule has 9 atom stereocenters. The Morgan fingerprint density at radius 1 is 1.08 bits per heavy atom. The molecule has 0 aromatic rings. The molecule has 4 fully saturated rings. The van der Waals surface area contributed by atoms with Crippen LogP contribution in [0.2, 0.25) is 19.6 Å². The molecule has 2 N–H and O–H groups in total. The summed E-state index contributed by atoms with van der Waals surface area (Å²) in [5, 5.41) is 22.6. The van der Waals surface area contributed by atoms with E-state index in [1.165, 1.54) is 5.57 Å². The van der Waals surface area contributed by atoms with Crippen LogP contribution in [0.15, 0.2) is 11.6 Å². The fourth-order valence-corrected chi connectivity index (χ4v) is 10.8. The van der Waals surface area contributed by atoms with E-state index in [-0.39, 0.29) is 39.8 Å². The average molecular weight is 527 g/mol. The third-order valence-corrected chi connectivity index (χ3v) is 13.5. The van der Waals surface area contributed by atoms with Crippen molar-refractivity contribution in [1.29, 1.82) is 0 Å². The standard InChI is InChI=1S/C32H50O4Si/c1-21-20-31(35,14-10-18-37(7,8)9)36-26-19-23-28(4,30(21,26)6)15-13-25(34)32(23)17-11-22-27(2,3)24(33)12-16-29(22,32)5/h19,21-22,24,26,33,35H,11-17,20H2,1-9H3/t21-,22+,24+,26-,28-,29+,30-,31+,32-/m1/s1. The predicted molar refractivity (Wildman–Crippen MR) is 150 cm³/mol. The van der Waals surface area contributed by atoms with Crippen LogP contribution < -0.4 is 0 Å². The first kappa shape index (κ1) is 27.6. The van der Waals surface area contributed by atoms with Crippen molar-refractivity contribution in [3.63, 3.8) is 0 Å². The van der Waals surface area contributed by atoms with E-state index < -0.39 is 19.3 Å². The minimum absolute atomic E-state index is 0.158. The van der Waals surface area contributed by atoms with Crippen molar-refractivity contribution in [1.82, 2.24) is 0 Å². The molecule has 0 amide bonds. The zero-order chi connectivity index (χ0) is 27.4. The predicted octanol–water partition coefficient (Wildman–Crippen LogP) is 6.27. The molecule has 0 bridgehead atoms. The van der Waals surface area contributed by atoms with Gasteiger partial charge in [-0.2, -0.15) is 0 Å². The van der Waals surface area contributed by atoms with Gasteiger partial charge in [0.25, 0.3) is 0 Å². The second kappa shape index (κ2) is 8.06. The molecule has 1 heterocycles. The quantitative estimate of drug-likeness (QED) is 0.240. The van der Waals surface area contributed by atoms with Crippen LogP contribution in [0.4, 0.5) is 0 Å². The van der Waals surface area contributed by atoms with Gasteiger partial charge in [0.2, 0.25) is 0 Å². The molecule has 37 heavy (non-hydrogen) atoms. The molecule has 0 aromatic heterocycles. The number of carbonyl (C=O) groups is 1. The van der Waals surface area contributed by atoms with Gasteiger partial charge in [0.15, 0.2) is 5.79 Å². The number of aliphatic hydroxyl groups excluding tert-OH is 1. The van der Waals surface area contributed by atoms with Gasteiger partial charge in [-0.1, -0.05) is 72.8 Å². The molecular weight excluding hydrogens is 476 g/mol. The topological polar surface area (TPSA) is 66.8 Å². The number of ether oxygens (including phenoxy) is 1. The molecule has 206 valence electrons. The number of aliphatic hydroxyl groups is 2. The van der Waals surface area contributed by atoms with E-state index >= 15 is 0 Å². The molecule has 5 aliphatic rings. The summed E-state index contributed by atoms with van der Waals surface area (Å²) in [6, 6.07) is 0. The number of fused-ring (bicyclic) bond motifs is 6. The van der Waals surface area contributed by atoms with Gasteiger partial charge >= 0.3 is 0 Å². The molecule has 1 spiro atoms. The van der Waals surface area contributed by atoms with Crippen molar-refractivity contribution in [2.45, 2.75) is 131 Å². The minimum atomic E-state index is -1.54. The van der Waals surface area contributed by atoms with Gasteiger partial charge < -0.3 is 14.9 Å². The lowest BCUT2D eigenvalue weighted by molar-refractivity contribution is -0.295. The van der Waals surface area contributed by atoms with Crippen molar-refractivity contribution >= 4 is 13.9 Å². The summed E-state index contributed by atoms with van der Waals surface area (Å²) in [5.41, 5.74) is 3.47. The number of hydrogen-bond acceptors (Lipinski definition) is 4. The van der Waals surface area contributed by atoms with Crippen LogP contribution in [0.1, 0.15) is 92.9 Å². The van der Waals surface area contributed by atoms with Crippen molar-refractivity contribution < 1.29 is 19.7 Å². The number of ketones is 1. The first-order valence-corrected chi connectivity index (χ1v) is 18.2. The van der Waals surface area contributed by atoms with Gasteiger partial charge in [-0.15, -0.1) is 11.5 Å². The maximum absolute atomic E-state index is 14.2. The summed E-state index contributed by atoms with van der Waals surface area (Å²) in [7, 11) is -1.54. The monoisotopic (exact) mass is 526 g/mol. The molecular formula is C32H50O4Si. The maximum atomic E-state index is 14.2. The third kappa shape index (κ3) is 3.47. The van der Waals surface area contributed by atoms with Crippen LogP contribution in [0, 0.1) is 50.4 Å². The lowest BCUT2D eigenvalue weighted by Gasteiger charge is -2.62. The number of allylic oxidation sites excluding steroid dienone is 1. The Hall–Kier alpha value is -0.933. The van der Waals surface area contributed by atoms with E-state index in [0.29, 0.717) is 31.0 Å². The van der Waals surface area contributed by atoms with Crippen LogP contribution in [0.5, 0.6) is 0 Å². The molecule has 0 unspecified atom stereocenters. The molecule has 1 aliphatic heterocycles. The number of carbonyl (C=O) groups excluding carboxylic acids is 1. The number of rotatable bonds is 1. The highest BCUT2D eigenvalue weighted by atomic mass is 28.3. The summed E-state index contributed by atoms with van der Waals surface area (Å²) in [5.74, 6) is 2.95. The van der Waals surface area contributed by atoms with Gasteiger partial charge in [0.1, 0.15) is 13.9 Å². The molecule has 4 aliphatic carbocycles. The Morgan fingerprint density at radius 3 is 2.41 bits per heavy atom. The Labute approximate surface area is 226 Å². The van der Waals surface area contributed by atoms with E-state index in [0.717, 1.165) is 32.1 Å². The van der Waals surface area contributed by atoms with Crippen LogP contribution >= 0.6 is 0 Å². The van der Waals surface area contributed by atoms with Gasteiger partial charge in [0.05, 0.1) is 24.0 Å². The Bertz CT molecular complexity index is 1090. The van der Waals surface area contributed by atoms with Gasteiger partial charge in [-0.3, -0.25) is 4.79 Å². The van der Waals surface area contributed by atoms with Gasteiger partial charge in [-0.25, -0.2) is 0 Å². The molecule has 0 radical (unpaired) electrons. The smallest absolute Gasteiger partial charge is 0.177 e. The first-order valence-electron chi connectivity index (χ1n) is 14.7. The zero-order valence-corrected chi connectivity index (χ0v) is 25.8. The zero-order valence-electron chi connectivity index (χ0n) is 24.8. The Morgan fingerprint density at radius 2 is 1.76 bits per heavy atom. The van der Waals surface area contributed by atoms with Crippen molar-refractivity contribution in [2.75, 3.05) is 0 Å². The average Bonchev–Trinajstić information content (AvgIpc) is 3.20. The minimum Gasteiger partial charge on any atom is -0.393 e. The van der Waals surface area contributed by atoms with Crippen LogP contribution in [0.25, 0.3) is 0 Å². The normalized spacial score (nSPS) is 50.6. The largest absolute Gasteiger partial charge is 0.393 e. The summed E-state index contributed by atoms with van der Waals surface area (Å²) in [4.78, 5) is 14.2. The second-order valence-corrected chi connectivity index (χ2v) is 20.5. The second-order valence-electron chi connectivity index (χ2n) is 15.7. The molecule has 5 heteroatoms. The van der Waals surface area contributed by atoms with Crippen molar-refractivity contribution in [3.8, 4) is 11.5 Å². The van der Waals surface area contributed by atoms with Crippen LogP contribution in [-0.2, 0) is 9.53 Å². The Balaban J connectivity index is 1.59. The van der Waals surface area contributed by atoms with E-state index in [9.17, 15) is 15.0 Å². The maximum Gasteiger partial charge on any atom is 0.177 e. The number of hydrogen-bond donors (Lipinski definition) is 2. The Kier molecular flexibility index (Phi) is 6.02. The van der Waals surface area contributed by atoms with Gasteiger partial charge in [-0.05, 0) is 60.2 Å². The van der Waals surface area contributed by atoms with E-state index in [2.05, 4.69) is 78.7 Å². The highest BCUT2D eigenvalue weighted by Crippen LogP contribution is 2.77. The lowest BCUT2D eigenvalue weighted by atomic mass is 9.42. The SMILES string of the molecule is C[C@@H]1C[C@](O)(CC#C[Si](C)(C)C)O[C@@H]2C=C3[C@]4(CC[C@H]5C(C)(C)[C@@H](O)CC[C@@]54C)C(=O)CC[C@@]3(C)[C@]12C. The van der Waals surface area contributed by atoms with E-state index in [1.807, 2.05) is 0 Å². The fraction of sp³-hybridized carbons (Fsp3) is 0.844. The molecule has 5 rings (SSSR count). The molecule has 0 aromatic carbocycles. The third-order valence-electron chi connectivity index (χ3n) is 12.5. The summed E-state index contributed by atoms with van der Waals surface area (Å²) >= 11 is 0. The lowest BCUT2D eigenvalue weighted by Crippen LogP contribution is -2.61.